The Labute approximate surface area is 112 Å². The Morgan fingerprint density at radius 1 is 1.28 bits per heavy atom. The lowest BCUT2D eigenvalue weighted by molar-refractivity contribution is 0.0399. The van der Waals surface area contributed by atoms with Gasteiger partial charge in [0.2, 0.25) is 0 Å². The van der Waals surface area contributed by atoms with Crippen LogP contribution in [0.25, 0.3) is 0 Å². The van der Waals surface area contributed by atoms with Gasteiger partial charge in [-0.3, -0.25) is 0 Å². The number of hydrogen-bond donors (Lipinski definition) is 1. The molecule has 0 saturated carbocycles. The van der Waals surface area contributed by atoms with Gasteiger partial charge in [0.15, 0.2) is 0 Å². The van der Waals surface area contributed by atoms with Crippen LogP contribution < -0.4 is 5.73 Å². The van der Waals surface area contributed by atoms with Crippen LogP contribution in [0.2, 0.25) is 0 Å². The maximum atomic E-state index is 13.5. The normalized spacial score (nSPS) is 10.6. The third-order valence-electron chi connectivity index (χ3n) is 2.31. The van der Waals surface area contributed by atoms with Crippen LogP contribution in [-0.4, -0.2) is 24.8 Å². The van der Waals surface area contributed by atoms with Crippen LogP contribution in [0.15, 0.2) is 18.2 Å². The molecule has 0 saturated heterocycles. The molecule has 0 spiro atoms. The minimum Gasteiger partial charge on any atom is -0.389 e. The highest BCUT2D eigenvalue weighted by molar-refractivity contribution is 7.80. The van der Waals surface area contributed by atoms with E-state index in [1.165, 1.54) is 6.07 Å². The highest BCUT2D eigenvalue weighted by Crippen LogP contribution is 2.12. The molecule has 0 unspecified atom stereocenters. The van der Waals surface area contributed by atoms with Crippen LogP contribution in [0, 0.1) is 5.82 Å². The second kappa shape index (κ2) is 8.13. The molecule has 0 aliphatic heterocycles. The van der Waals surface area contributed by atoms with Crippen molar-refractivity contribution in [3.8, 4) is 0 Å². The van der Waals surface area contributed by atoms with Crippen LogP contribution in [0.3, 0.4) is 0 Å². The van der Waals surface area contributed by atoms with Crippen LogP contribution in [0.5, 0.6) is 0 Å². The van der Waals surface area contributed by atoms with E-state index in [0.29, 0.717) is 30.9 Å². The minimum atomic E-state index is -0.315. The van der Waals surface area contributed by atoms with Gasteiger partial charge in [-0.1, -0.05) is 19.1 Å². The Bertz CT molecular complexity index is 399. The first-order valence-corrected chi connectivity index (χ1v) is 6.29. The van der Waals surface area contributed by atoms with E-state index >= 15 is 0 Å². The first-order chi connectivity index (χ1) is 8.65. The van der Waals surface area contributed by atoms with E-state index in [0.717, 1.165) is 6.42 Å². The summed E-state index contributed by atoms with van der Waals surface area (Å²) in [7, 11) is 0. The van der Waals surface area contributed by atoms with Gasteiger partial charge in [-0.15, -0.1) is 0 Å². The number of nitrogens with two attached hydrogens (primary N) is 1. The Kier molecular flexibility index (Phi) is 6.78. The van der Waals surface area contributed by atoms with Crippen molar-refractivity contribution in [2.45, 2.75) is 20.0 Å². The van der Waals surface area contributed by atoms with E-state index in [4.69, 9.17) is 27.4 Å². The molecule has 1 rings (SSSR count). The molecular formula is C13H18FNO2S. The summed E-state index contributed by atoms with van der Waals surface area (Å²) < 4.78 is 24.1. The molecule has 0 aliphatic carbocycles. The Hall–Kier alpha value is -1.04. The van der Waals surface area contributed by atoms with Gasteiger partial charge in [-0.2, -0.15) is 0 Å². The molecule has 18 heavy (non-hydrogen) atoms. The summed E-state index contributed by atoms with van der Waals surface area (Å²) in [5, 5.41) is 0. The van der Waals surface area contributed by atoms with Gasteiger partial charge < -0.3 is 15.2 Å². The highest BCUT2D eigenvalue weighted by atomic mass is 32.1. The molecule has 0 aromatic heterocycles. The SMILES string of the molecule is CCCOCCOCc1cc(C(N)=S)ccc1F. The first kappa shape index (κ1) is 15.0. The zero-order valence-electron chi connectivity index (χ0n) is 10.4. The lowest BCUT2D eigenvalue weighted by Crippen LogP contribution is -2.11. The second-order valence-corrected chi connectivity index (χ2v) is 4.28. The third kappa shape index (κ3) is 5.08. The van der Waals surface area contributed by atoms with Crippen molar-refractivity contribution < 1.29 is 13.9 Å². The van der Waals surface area contributed by atoms with Crippen molar-refractivity contribution in [2.24, 2.45) is 5.73 Å². The lowest BCUT2D eigenvalue weighted by Gasteiger charge is -2.07. The summed E-state index contributed by atoms with van der Waals surface area (Å²) in [6.07, 6.45) is 0.977. The van der Waals surface area contributed by atoms with Crippen LogP contribution in [0.1, 0.15) is 24.5 Å². The number of rotatable bonds is 8. The van der Waals surface area contributed by atoms with Gasteiger partial charge in [-0.05, 0) is 24.6 Å². The van der Waals surface area contributed by atoms with Crippen molar-refractivity contribution in [3.05, 3.63) is 35.1 Å². The molecule has 1 aromatic carbocycles. The van der Waals surface area contributed by atoms with Crippen molar-refractivity contribution in [1.82, 2.24) is 0 Å². The van der Waals surface area contributed by atoms with Crippen LogP contribution in [-0.2, 0) is 16.1 Å². The average molecular weight is 271 g/mol. The quantitative estimate of drug-likeness (QED) is 0.582. The standard InChI is InChI=1S/C13H18FNO2S/c1-2-5-16-6-7-17-9-11-8-10(13(15)18)3-4-12(11)14/h3-4,8H,2,5-7,9H2,1H3,(H2,15,18). The molecule has 0 radical (unpaired) electrons. The Morgan fingerprint density at radius 2 is 2.00 bits per heavy atom. The zero-order chi connectivity index (χ0) is 13.4. The minimum absolute atomic E-state index is 0.192. The van der Waals surface area contributed by atoms with Gasteiger partial charge in [0.05, 0.1) is 19.8 Å². The number of thiocarbonyl (C=S) groups is 1. The third-order valence-corrected chi connectivity index (χ3v) is 2.54. The number of hydrogen-bond acceptors (Lipinski definition) is 3. The Morgan fingerprint density at radius 3 is 2.67 bits per heavy atom. The fourth-order valence-electron chi connectivity index (χ4n) is 1.38. The van der Waals surface area contributed by atoms with E-state index in [1.807, 2.05) is 6.92 Å². The summed E-state index contributed by atoms with van der Waals surface area (Å²) in [6, 6.07) is 4.52. The summed E-state index contributed by atoms with van der Waals surface area (Å²) >= 11 is 4.84. The van der Waals surface area contributed by atoms with E-state index in [9.17, 15) is 4.39 Å². The van der Waals surface area contributed by atoms with Gasteiger partial charge in [0, 0.05) is 17.7 Å². The van der Waals surface area contributed by atoms with Gasteiger partial charge in [0.25, 0.3) is 0 Å². The molecule has 0 amide bonds. The predicted octanol–water partition coefficient (Wildman–Crippen LogP) is 2.40. The summed E-state index contributed by atoms with van der Waals surface area (Å²) in [5.74, 6) is -0.315. The van der Waals surface area contributed by atoms with Gasteiger partial charge in [0.1, 0.15) is 10.8 Å². The smallest absolute Gasteiger partial charge is 0.128 e. The number of benzene rings is 1. The first-order valence-electron chi connectivity index (χ1n) is 5.89. The Balaban J connectivity index is 2.41. The molecule has 0 bridgehead atoms. The zero-order valence-corrected chi connectivity index (χ0v) is 11.3. The van der Waals surface area contributed by atoms with Crippen molar-refractivity contribution >= 4 is 17.2 Å². The van der Waals surface area contributed by atoms with Gasteiger partial charge in [-0.25, -0.2) is 4.39 Å². The second-order valence-electron chi connectivity index (χ2n) is 3.84. The average Bonchev–Trinajstić information content (AvgIpc) is 2.35. The molecule has 0 aliphatic rings. The van der Waals surface area contributed by atoms with E-state index in [2.05, 4.69) is 0 Å². The molecule has 1 aromatic rings. The molecule has 2 N–H and O–H groups in total. The van der Waals surface area contributed by atoms with Crippen molar-refractivity contribution in [2.75, 3.05) is 19.8 Å². The molecule has 0 fully saturated rings. The topological polar surface area (TPSA) is 44.5 Å². The molecule has 0 heterocycles. The monoisotopic (exact) mass is 271 g/mol. The van der Waals surface area contributed by atoms with E-state index in [-0.39, 0.29) is 17.4 Å². The molecule has 0 atom stereocenters. The van der Waals surface area contributed by atoms with E-state index in [1.54, 1.807) is 12.1 Å². The molecular weight excluding hydrogens is 253 g/mol. The fourth-order valence-corrected chi connectivity index (χ4v) is 1.51. The molecule has 3 nitrogen and oxygen atoms in total. The van der Waals surface area contributed by atoms with Crippen LogP contribution >= 0.6 is 12.2 Å². The van der Waals surface area contributed by atoms with Gasteiger partial charge >= 0.3 is 0 Å². The highest BCUT2D eigenvalue weighted by Gasteiger charge is 2.05. The fraction of sp³-hybridized carbons (Fsp3) is 0.462. The lowest BCUT2D eigenvalue weighted by atomic mass is 10.1. The number of ether oxygens (including phenoxy) is 2. The molecule has 5 heteroatoms. The number of halogens is 1. The largest absolute Gasteiger partial charge is 0.389 e. The van der Waals surface area contributed by atoms with Crippen molar-refractivity contribution in [3.63, 3.8) is 0 Å². The molecule has 100 valence electrons. The van der Waals surface area contributed by atoms with Crippen molar-refractivity contribution in [1.29, 1.82) is 0 Å². The van der Waals surface area contributed by atoms with Crippen LogP contribution in [0.4, 0.5) is 4.39 Å². The maximum absolute atomic E-state index is 13.5. The summed E-state index contributed by atoms with van der Waals surface area (Å²) in [5.41, 5.74) is 6.59. The van der Waals surface area contributed by atoms with E-state index < -0.39 is 0 Å². The predicted molar refractivity (Wildman–Crippen MR) is 73.1 cm³/mol. The summed E-state index contributed by atoms with van der Waals surface area (Å²) in [4.78, 5) is 0.252. The maximum Gasteiger partial charge on any atom is 0.128 e. The summed E-state index contributed by atoms with van der Waals surface area (Å²) in [6.45, 7) is 3.91.